The lowest BCUT2D eigenvalue weighted by molar-refractivity contribution is -0.139. The van der Waals surface area contributed by atoms with Gasteiger partial charge < -0.3 is 24.1 Å². The third-order valence-corrected chi connectivity index (χ3v) is 6.80. The molecule has 0 saturated carbocycles. The second-order valence-electron chi connectivity index (χ2n) is 8.08. The van der Waals surface area contributed by atoms with E-state index in [1.54, 1.807) is 57.4 Å². The Balaban J connectivity index is 1.95. The molecule has 1 aliphatic heterocycles. The molecule has 37 heavy (non-hydrogen) atoms. The number of aromatic hydroxyl groups is 1. The van der Waals surface area contributed by atoms with Gasteiger partial charge in [0.1, 0.15) is 0 Å². The van der Waals surface area contributed by atoms with Crippen LogP contribution in [-0.4, -0.2) is 43.1 Å². The number of aromatic nitrogens is 1. The number of phenolic OH excluding ortho intramolecular Hbond substituents is 1. The van der Waals surface area contributed by atoms with Gasteiger partial charge in [-0.1, -0.05) is 23.5 Å². The molecule has 0 spiro atoms. The molecule has 9 nitrogen and oxygen atoms in total. The van der Waals surface area contributed by atoms with Gasteiger partial charge in [-0.05, 0) is 62.2 Å². The molecule has 2 aromatic carbocycles. The lowest BCUT2D eigenvalue weighted by Crippen LogP contribution is -2.40. The molecule has 1 N–H and O–H groups in total. The van der Waals surface area contributed by atoms with Gasteiger partial charge in [0.2, 0.25) is 0 Å². The van der Waals surface area contributed by atoms with Gasteiger partial charge in [-0.25, -0.2) is 9.79 Å². The topological polar surface area (TPSA) is 109 Å². The van der Waals surface area contributed by atoms with Crippen molar-refractivity contribution in [1.82, 2.24) is 4.57 Å². The second-order valence-corrected chi connectivity index (χ2v) is 9.09. The molecule has 1 aliphatic rings. The molecule has 0 radical (unpaired) electrons. The molecule has 0 fully saturated rings. The van der Waals surface area contributed by atoms with Crippen LogP contribution in [0.2, 0.25) is 0 Å². The van der Waals surface area contributed by atoms with Crippen molar-refractivity contribution >= 4 is 23.4 Å². The van der Waals surface area contributed by atoms with Crippen molar-refractivity contribution < 1.29 is 28.8 Å². The van der Waals surface area contributed by atoms with Crippen LogP contribution in [0.5, 0.6) is 23.0 Å². The highest BCUT2D eigenvalue weighted by Crippen LogP contribution is 2.36. The molecule has 0 bridgehead atoms. The van der Waals surface area contributed by atoms with Crippen molar-refractivity contribution in [3.63, 3.8) is 0 Å². The van der Waals surface area contributed by atoms with Gasteiger partial charge >= 0.3 is 5.97 Å². The Kier molecular flexibility index (Phi) is 7.68. The lowest BCUT2D eigenvalue weighted by atomic mass is 9.95. The summed E-state index contributed by atoms with van der Waals surface area (Å²) in [4.78, 5) is 31.9. The molecule has 194 valence electrons. The van der Waals surface area contributed by atoms with Gasteiger partial charge in [-0.15, -0.1) is 0 Å². The monoisotopic (exact) mass is 524 g/mol. The Morgan fingerprint density at radius 3 is 2.51 bits per heavy atom. The summed E-state index contributed by atoms with van der Waals surface area (Å²) in [6, 6.07) is 9.35. The van der Waals surface area contributed by atoms with Crippen molar-refractivity contribution in [2.75, 3.05) is 27.4 Å². The van der Waals surface area contributed by atoms with E-state index >= 15 is 0 Å². The summed E-state index contributed by atoms with van der Waals surface area (Å²) < 4.78 is 23.6. The number of benzene rings is 2. The van der Waals surface area contributed by atoms with Crippen LogP contribution in [0.4, 0.5) is 0 Å². The van der Waals surface area contributed by atoms with E-state index in [1.165, 1.54) is 29.1 Å². The predicted molar refractivity (Wildman–Crippen MR) is 139 cm³/mol. The number of nitrogens with zero attached hydrogens (tertiary/aromatic N) is 2. The van der Waals surface area contributed by atoms with Crippen LogP contribution < -0.4 is 29.1 Å². The minimum atomic E-state index is -0.781. The van der Waals surface area contributed by atoms with Crippen LogP contribution in [0.3, 0.4) is 0 Å². The van der Waals surface area contributed by atoms with E-state index < -0.39 is 12.0 Å². The average molecular weight is 525 g/mol. The number of hydrogen-bond acceptors (Lipinski definition) is 9. The molecule has 10 heteroatoms. The number of thiazole rings is 1. The standard InChI is InChI=1S/C27H28N2O7S/c1-6-35-21-14-17(9-11-19(21)33-4)24-23(26(32)36-7-2)15(3)28-27-29(24)25(31)22(37-27)13-16-8-10-18(30)20(12-16)34-5/h8-14,24,30H,6-7H2,1-5H3/b22-13-/t24-/m1/s1. The van der Waals surface area contributed by atoms with Gasteiger partial charge in [-0.2, -0.15) is 0 Å². The summed E-state index contributed by atoms with van der Waals surface area (Å²) >= 11 is 1.21. The van der Waals surface area contributed by atoms with Gasteiger partial charge in [0, 0.05) is 0 Å². The van der Waals surface area contributed by atoms with E-state index in [0.29, 0.717) is 50.0 Å². The Bertz CT molecular complexity index is 1550. The lowest BCUT2D eigenvalue weighted by Gasteiger charge is -2.25. The van der Waals surface area contributed by atoms with Crippen LogP contribution >= 0.6 is 11.3 Å². The smallest absolute Gasteiger partial charge is 0.338 e. The average Bonchev–Trinajstić information content (AvgIpc) is 3.18. The Morgan fingerprint density at radius 2 is 1.84 bits per heavy atom. The van der Waals surface area contributed by atoms with E-state index in [4.69, 9.17) is 18.9 Å². The maximum absolute atomic E-state index is 13.8. The van der Waals surface area contributed by atoms with E-state index in [0.717, 1.165) is 0 Å². The fourth-order valence-corrected chi connectivity index (χ4v) is 5.22. The third kappa shape index (κ3) is 4.97. The normalized spacial score (nSPS) is 15.2. The summed E-state index contributed by atoms with van der Waals surface area (Å²) in [5, 5.41) is 9.92. The summed E-state index contributed by atoms with van der Waals surface area (Å²) in [6.45, 7) is 5.92. The molecule has 0 aliphatic carbocycles. The first-order valence-corrected chi connectivity index (χ1v) is 12.5. The number of methoxy groups -OCH3 is 2. The number of esters is 1. The van der Waals surface area contributed by atoms with Crippen molar-refractivity contribution in [1.29, 1.82) is 0 Å². The van der Waals surface area contributed by atoms with E-state index in [2.05, 4.69) is 4.99 Å². The first kappa shape index (κ1) is 26.0. The molecule has 4 rings (SSSR count). The van der Waals surface area contributed by atoms with E-state index in [1.807, 2.05) is 6.92 Å². The van der Waals surface area contributed by atoms with Crippen molar-refractivity contribution in [3.8, 4) is 23.0 Å². The Labute approximate surface area is 217 Å². The molecule has 0 unspecified atom stereocenters. The number of fused-ring (bicyclic) bond motifs is 1. The summed E-state index contributed by atoms with van der Waals surface area (Å²) in [5.41, 5.74) is 1.75. The highest BCUT2D eigenvalue weighted by Gasteiger charge is 2.34. The van der Waals surface area contributed by atoms with Gasteiger partial charge in [0.25, 0.3) is 5.56 Å². The molecule has 1 atom stereocenters. The maximum atomic E-state index is 13.8. The van der Waals surface area contributed by atoms with E-state index in [-0.39, 0.29) is 23.5 Å². The molecular weight excluding hydrogens is 496 g/mol. The molecule has 2 heterocycles. The Hall–Kier alpha value is -4.05. The summed E-state index contributed by atoms with van der Waals surface area (Å²) in [5.74, 6) is 0.790. The first-order valence-electron chi connectivity index (χ1n) is 11.7. The number of rotatable bonds is 8. The van der Waals surface area contributed by atoms with Gasteiger partial charge in [-0.3, -0.25) is 9.36 Å². The first-order chi connectivity index (χ1) is 17.8. The zero-order valence-corrected chi connectivity index (χ0v) is 22.0. The van der Waals surface area contributed by atoms with Gasteiger partial charge in [0.05, 0.1) is 49.3 Å². The van der Waals surface area contributed by atoms with Crippen LogP contribution in [0, 0.1) is 0 Å². The zero-order chi connectivity index (χ0) is 26.7. The predicted octanol–water partition coefficient (Wildman–Crippen LogP) is 2.92. The third-order valence-electron chi connectivity index (χ3n) is 5.82. The zero-order valence-electron chi connectivity index (χ0n) is 21.2. The largest absolute Gasteiger partial charge is 0.504 e. The molecule has 0 amide bonds. The highest BCUT2D eigenvalue weighted by molar-refractivity contribution is 7.07. The fraction of sp³-hybridized carbons (Fsp3) is 0.296. The molecule has 0 saturated heterocycles. The molecular formula is C27H28N2O7S. The highest BCUT2D eigenvalue weighted by atomic mass is 32.1. The summed E-state index contributed by atoms with van der Waals surface area (Å²) in [7, 11) is 3.00. The van der Waals surface area contributed by atoms with Crippen molar-refractivity contribution in [2.24, 2.45) is 4.99 Å². The minimum absolute atomic E-state index is 0.000390. The number of hydrogen-bond donors (Lipinski definition) is 1. The van der Waals surface area contributed by atoms with Crippen LogP contribution in [0.1, 0.15) is 37.9 Å². The number of allylic oxidation sites excluding steroid dienone is 1. The number of ether oxygens (including phenoxy) is 4. The quantitative estimate of drug-likeness (QED) is 0.452. The number of carbonyl (C=O) groups is 1. The van der Waals surface area contributed by atoms with Crippen LogP contribution in [0.25, 0.3) is 6.08 Å². The second kappa shape index (κ2) is 10.9. The molecule has 1 aromatic heterocycles. The fourth-order valence-electron chi connectivity index (χ4n) is 4.17. The van der Waals surface area contributed by atoms with Gasteiger partial charge in [0.15, 0.2) is 27.8 Å². The number of phenols is 1. The SMILES string of the molecule is CCOC(=O)C1=C(C)N=c2s/c(=C\c3ccc(O)c(OC)c3)c(=O)n2[C@@H]1c1ccc(OC)c(OCC)c1. The number of carbonyl (C=O) groups excluding carboxylic acids is 1. The van der Waals surface area contributed by atoms with Crippen LogP contribution in [0.15, 0.2) is 57.5 Å². The van der Waals surface area contributed by atoms with Crippen molar-refractivity contribution in [2.45, 2.75) is 26.8 Å². The maximum Gasteiger partial charge on any atom is 0.338 e. The molecule has 3 aromatic rings. The summed E-state index contributed by atoms with van der Waals surface area (Å²) in [6.07, 6.45) is 1.70. The Morgan fingerprint density at radius 1 is 1.08 bits per heavy atom. The minimum Gasteiger partial charge on any atom is -0.504 e. The van der Waals surface area contributed by atoms with Crippen LogP contribution in [-0.2, 0) is 9.53 Å². The van der Waals surface area contributed by atoms with E-state index in [9.17, 15) is 14.7 Å². The van der Waals surface area contributed by atoms with Crippen molar-refractivity contribution in [3.05, 3.63) is 78.5 Å².